The molecule has 3 nitrogen and oxygen atoms in total. The zero-order chi connectivity index (χ0) is 13.8. The van der Waals surface area contributed by atoms with Crippen LogP contribution in [0.25, 0.3) is 0 Å². The van der Waals surface area contributed by atoms with Crippen LogP contribution in [-0.2, 0) is 13.3 Å². The third kappa shape index (κ3) is 3.88. The minimum atomic E-state index is -2.96. The second-order valence-corrected chi connectivity index (χ2v) is 7.17. The van der Waals surface area contributed by atoms with E-state index in [1.54, 1.807) is 19.2 Å². The third-order valence-electron chi connectivity index (χ3n) is 2.25. The zero-order valence-corrected chi connectivity index (χ0v) is 12.6. The maximum atomic E-state index is 13.0. The summed E-state index contributed by atoms with van der Waals surface area (Å²) in [4.78, 5) is 0. The van der Waals surface area contributed by atoms with Gasteiger partial charge in [-0.3, -0.25) is 0 Å². The molecule has 0 aromatic heterocycles. The van der Waals surface area contributed by atoms with Crippen molar-refractivity contribution in [3.8, 4) is 0 Å². The molecule has 0 unspecified atom stereocenters. The fraction of sp³-hybridized carbons (Fsp3) is 0.538. The Morgan fingerprint density at radius 2 is 1.39 bits per heavy atom. The molecule has 0 aliphatic rings. The van der Waals surface area contributed by atoms with Gasteiger partial charge in [-0.15, -0.1) is 0 Å². The third-order valence-corrected chi connectivity index (χ3v) is 5.39. The van der Waals surface area contributed by atoms with Gasteiger partial charge in [0.05, 0.1) is 0 Å². The van der Waals surface area contributed by atoms with Gasteiger partial charge in [0.25, 0.3) is 0 Å². The first-order chi connectivity index (χ1) is 8.39. The Balaban J connectivity index is 3.11. The summed E-state index contributed by atoms with van der Waals surface area (Å²) in [7, 11) is -1.39. The second kappa shape index (κ2) is 6.42. The van der Waals surface area contributed by atoms with Gasteiger partial charge >= 0.3 is 8.80 Å². The van der Waals surface area contributed by atoms with Crippen LogP contribution in [-0.4, -0.2) is 28.1 Å². The van der Waals surface area contributed by atoms with E-state index >= 15 is 0 Å². The fourth-order valence-corrected chi connectivity index (χ4v) is 4.22. The van der Waals surface area contributed by atoms with E-state index in [0.29, 0.717) is 0 Å². The van der Waals surface area contributed by atoms with E-state index in [1.807, 2.05) is 27.7 Å². The van der Waals surface area contributed by atoms with Crippen molar-refractivity contribution in [2.75, 3.05) is 7.11 Å². The number of hydrogen-bond donors (Lipinski definition) is 0. The Morgan fingerprint density at radius 1 is 0.944 bits per heavy atom. The van der Waals surface area contributed by atoms with Crippen molar-refractivity contribution in [1.82, 2.24) is 0 Å². The average molecular weight is 272 g/mol. The normalized spacial score (nSPS) is 12.4. The molecule has 1 aromatic carbocycles. The quantitative estimate of drug-likeness (QED) is 0.745. The summed E-state index contributed by atoms with van der Waals surface area (Å²) in [6.45, 7) is 7.70. The van der Waals surface area contributed by atoms with Crippen LogP contribution in [0, 0.1) is 5.82 Å². The molecule has 0 amide bonds. The molecular formula is C13H21FO3Si. The lowest BCUT2D eigenvalue weighted by molar-refractivity contribution is 0.0456. The summed E-state index contributed by atoms with van der Waals surface area (Å²) in [6, 6.07) is 6.11. The molecule has 0 aliphatic carbocycles. The standard InChI is InChI=1S/C13H21FO3Si/c1-10(2)16-18(15-5,17-11(3)4)13-8-6-12(14)7-9-13/h6-11H,1-5H3. The van der Waals surface area contributed by atoms with Crippen LogP contribution in [0.2, 0.25) is 0 Å². The SMILES string of the molecule is CO[Si](OC(C)C)(OC(C)C)c1ccc(F)cc1. The maximum absolute atomic E-state index is 13.0. The highest BCUT2D eigenvalue weighted by Crippen LogP contribution is 2.15. The lowest BCUT2D eigenvalue weighted by atomic mass is 10.3. The molecule has 0 heterocycles. The number of halogens is 1. The molecule has 0 atom stereocenters. The minimum Gasteiger partial charge on any atom is -0.373 e. The summed E-state index contributed by atoms with van der Waals surface area (Å²) in [5, 5.41) is 0.772. The van der Waals surface area contributed by atoms with E-state index in [2.05, 4.69) is 0 Å². The second-order valence-electron chi connectivity index (χ2n) is 4.60. The van der Waals surface area contributed by atoms with Gasteiger partial charge in [0.2, 0.25) is 0 Å². The summed E-state index contributed by atoms with van der Waals surface area (Å²) < 4.78 is 30.3. The van der Waals surface area contributed by atoms with E-state index in [1.165, 1.54) is 12.1 Å². The number of rotatable bonds is 6. The molecule has 0 saturated heterocycles. The molecule has 1 aromatic rings. The Morgan fingerprint density at radius 3 is 1.72 bits per heavy atom. The van der Waals surface area contributed by atoms with Gasteiger partial charge in [-0.25, -0.2) is 4.39 Å². The van der Waals surface area contributed by atoms with Gasteiger partial charge in [-0.1, -0.05) is 12.1 Å². The number of hydrogen-bond acceptors (Lipinski definition) is 3. The first kappa shape index (κ1) is 15.3. The molecule has 0 saturated carbocycles. The zero-order valence-electron chi connectivity index (χ0n) is 11.6. The first-order valence-corrected chi connectivity index (χ1v) is 7.79. The van der Waals surface area contributed by atoms with Gasteiger partial charge in [-0.05, 0) is 39.8 Å². The largest absolute Gasteiger partial charge is 0.537 e. The van der Waals surface area contributed by atoms with Crippen LogP contribution in [0.1, 0.15) is 27.7 Å². The van der Waals surface area contributed by atoms with Crippen LogP contribution in [0.3, 0.4) is 0 Å². The van der Waals surface area contributed by atoms with Crippen molar-refractivity contribution in [2.24, 2.45) is 0 Å². The van der Waals surface area contributed by atoms with Gasteiger partial charge in [0.15, 0.2) is 0 Å². The van der Waals surface area contributed by atoms with E-state index in [9.17, 15) is 4.39 Å². The number of benzene rings is 1. The monoisotopic (exact) mass is 272 g/mol. The molecule has 0 radical (unpaired) electrons. The molecule has 0 fully saturated rings. The fourth-order valence-electron chi connectivity index (χ4n) is 1.65. The molecule has 5 heteroatoms. The van der Waals surface area contributed by atoms with Crippen LogP contribution >= 0.6 is 0 Å². The van der Waals surface area contributed by atoms with Crippen molar-refractivity contribution in [3.05, 3.63) is 30.1 Å². The van der Waals surface area contributed by atoms with Crippen molar-refractivity contribution >= 4 is 14.0 Å². The summed E-state index contributed by atoms with van der Waals surface area (Å²) in [5.74, 6) is -0.285. The molecule has 0 bridgehead atoms. The average Bonchev–Trinajstić information content (AvgIpc) is 2.27. The molecule has 1 rings (SSSR count). The van der Waals surface area contributed by atoms with Gasteiger partial charge in [-0.2, -0.15) is 0 Å². The maximum Gasteiger partial charge on any atom is 0.537 e. The van der Waals surface area contributed by atoms with Gasteiger partial charge in [0.1, 0.15) is 5.82 Å². The first-order valence-electron chi connectivity index (χ1n) is 6.06. The van der Waals surface area contributed by atoms with Crippen molar-refractivity contribution in [2.45, 2.75) is 39.9 Å². The summed E-state index contributed by atoms with van der Waals surface area (Å²) in [6.07, 6.45) is -0.0548. The minimum absolute atomic E-state index is 0.0274. The lowest BCUT2D eigenvalue weighted by Gasteiger charge is -2.31. The molecule has 0 spiro atoms. The topological polar surface area (TPSA) is 27.7 Å². The molecule has 0 aliphatic heterocycles. The van der Waals surface area contributed by atoms with Crippen molar-refractivity contribution in [3.63, 3.8) is 0 Å². The molecule has 102 valence electrons. The predicted molar refractivity (Wildman–Crippen MR) is 71.2 cm³/mol. The Kier molecular flexibility index (Phi) is 5.46. The Labute approximate surface area is 109 Å². The van der Waals surface area contributed by atoms with Crippen molar-refractivity contribution in [1.29, 1.82) is 0 Å². The smallest absolute Gasteiger partial charge is 0.373 e. The van der Waals surface area contributed by atoms with Crippen LogP contribution in [0.5, 0.6) is 0 Å². The molecule has 18 heavy (non-hydrogen) atoms. The van der Waals surface area contributed by atoms with Gasteiger partial charge in [0, 0.05) is 24.5 Å². The molecular weight excluding hydrogens is 251 g/mol. The Hall–Kier alpha value is -0.753. The van der Waals surface area contributed by atoms with Gasteiger partial charge < -0.3 is 13.3 Å². The highest BCUT2D eigenvalue weighted by Gasteiger charge is 2.44. The van der Waals surface area contributed by atoms with E-state index in [-0.39, 0.29) is 18.0 Å². The predicted octanol–water partition coefficient (Wildman–Crippen LogP) is 2.47. The molecule has 0 N–H and O–H groups in total. The lowest BCUT2D eigenvalue weighted by Crippen LogP contribution is -2.58. The van der Waals surface area contributed by atoms with Crippen LogP contribution in [0.15, 0.2) is 24.3 Å². The van der Waals surface area contributed by atoms with E-state index < -0.39 is 8.80 Å². The van der Waals surface area contributed by atoms with Crippen molar-refractivity contribution < 1.29 is 17.7 Å². The van der Waals surface area contributed by atoms with Crippen LogP contribution in [0.4, 0.5) is 4.39 Å². The summed E-state index contributed by atoms with van der Waals surface area (Å²) >= 11 is 0. The van der Waals surface area contributed by atoms with E-state index in [4.69, 9.17) is 13.3 Å². The van der Waals surface area contributed by atoms with Crippen LogP contribution < -0.4 is 5.19 Å². The summed E-state index contributed by atoms with van der Waals surface area (Å²) in [5.41, 5.74) is 0. The van der Waals surface area contributed by atoms with E-state index in [0.717, 1.165) is 5.19 Å². The Bertz CT molecular complexity index is 355. The highest BCUT2D eigenvalue weighted by molar-refractivity contribution is 6.75. The highest BCUT2D eigenvalue weighted by atomic mass is 28.4.